The van der Waals surface area contributed by atoms with Crippen molar-refractivity contribution in [2.24, 2.45) is 0 Å². The molecule has 0 aromatic carbocycles. The molecule has 0 saturated heterocycles. The standard InChI is InChI=1S/C7H10Cl2/c1-5-4-6(2,8)7(5,3)9/h4H,1-3H3/t6-,7+/m0/s1. The Bertz CT molecular complexity index is 166. The molecule has 9 heavy (non-hydrogen) atoms. The third kappa shape index (κ3) is 0.805. The van der Waals surface area contributed by atoms with Gasteiger partial charge in [0.05, 0.1) is 9.75 Å². The molecule has 0 N–H and O–H groups in total. The van der Waals surface area contributed by atoms with Crippen LogP contribution in [0, 0.1) is 0 Å². The molecule has 1 rings (SSSR count). The maximum absolute atomic E-state index is 6.05. The predicted octanol–water partition coefficient (Wildman–Crippen LogP) is 2.94. The number of hydrogen-bond acceptors (Lipinski definition) is 0. The molecular weight excluding hydrogens is 155 g/mol. The largest absolute Gasteiger partial charge is 0.113 e. The Morgan fingerprint density at radius 2 is 1.78 bits per heavy atom. The summed E-state index contributed by atoms with van der Waals surface area (Å²) in [5, 5.41) is 0. The van der Waals surface area contributed by atoms with E-state index in [2.05, 4.69) is 0 Å². The van der Waals surface area contributed by atoms with Crippen molar-refractivity contribution in [1.82, 2.24) is 0 Å². The van der Waals surface area contributed by atoms with E-state index in [1.165, 1.54) is 5.57 Å². The van der Waals surface area contributed by atoms with Crippen LogP contribution in [0.4, 0.5) is 0 Å². The summed E-state index contributed by atoms with van der Waals surface area (Å²) in [7, 11) is 0. The second-order valence-corrected chi connectivity index (χ2v) is 4.45. The van der Waals surface area contributed by atoms with Gasteiger partial charge in [0.15, 0.2) is 0 Å². The van der Waals surface area contributed by atoms with E-state index in [9.17, 15) is 0 Å². The topological polar surface area (TPSA) is 0 Å². The van der Waals surface area contributed by atoms with Gasteiger partial charge >= 0.3 is 0 Å². The average Bonchev–Trinajstić information content (AvgIpc) is 1.65. The highest BCUT2D eigenvalue weighted by molar-refractivity contribution is 6.38. The first-order valence-corrected chi connectivity index (χ1v) is 3.71. The normalized spacial score (nSPS) is 50.1. The van der Waals surface area contributed by atoms with Gasteiger partial charge in [0.1, 0.15) is 0 Å². The highest BCUT2D eigenvalue weighted by Crippen LogP contribution is 2.50. The van der Waals surface area contributed by atoms with Crippen molar-refractivity contribution in [2.75, 3.05) is 0 Å². The number of hydrogen-bond donors (Lipinski definition) is 0. The van der Waals surface area contributed by atoms with Crippen molar-refractivity contribution in [3.8, 4) is 0 Å². The first kappa shape index (κ1) is 7.43. The Kier molecular flexibility index (Phi) is 1.38. The van der Waals surface area contributed by atoms with Crippen LogP contribution in [-0.4, -0.2) is 9.75 Å². The van der Waals surface area contributed by atoms with Crippen molar-refractivity contribution in [3.63, 3.8) is 0 Å². The van der Waals surface area contributed by atoms with E-state index in [-0.39, 0.29) is 9.75 Å². The molecule has 0 radical (unpaired) electrons. The summed E-state index contributed by atoms with van der Waals surface area (Å²) in [6.07, 6.45) is 1.99. The molecule has 0 heterocycles. The molecule has 0 amide bonds. The van der Waals surface area contributed by atoms with Crippen molar-refractivity contribution in [3.05, 3.63) is 11.6 Å². The molecule has 0 bridgehead atoms. The van der Waals surface area contributed by atoms with Crippen molar-refractivity contribution in [2.45, 2.75) is 30.5 Å². The summed E-state index contributed by atoms with van der Waals surface area (Å²) in [5.41, 5.74) is 1.17. The van der Waals surface area contributed by atoms with Gasteiger partial charge < -0.3 is 0 Å². The van der Waals surface area contributed by atoms with Crippen LogP contribution >= 0.6 is 23.2 Å². The highest BCUT2D eigenvalue weighted by atomic mass is 35.5. The molecule has 0 aromatic rings. The maximum Gasteiger partial charge on any atom is 0.0848 e. The maximum atomic E-state index is 6.05. The minimum Gasteiger partial charge on any atom is -0.113 e. The fourth-order valence-electron chi connectivity index (χ4n) is 0.985. The average molecular weight is 165 g/mol. The monoisotopic (exact) mass is 164 g/mol. The zero-order valence-electron chi connectivity index (χ0n) is 5.83. The van der Waals surface area contributed by atoms with Gasteiger partial charge in [0.25, 0.3) is 0 Å². The van der Waals surface area contributed by atoms with Crippen LogP contribution in [0.2, 0.25) is 0 Å². The SMILES string of the molecule is CC1=C[C@](C)(Cl)[C@]1(C)Cl. The number of alkyl halides is 2. The molecule has 0 aliphatic heterocycles. The summed E-state index contributed by atoms with van der Waals surface area (Å²) < 4.78 is 0. The molecule has 0 fully saturated rings. The summed E-state index contributed by atoms with van der Waals surface area (Å²) in [5.74, 6) is 0. The van der Waals surface area contributed by atoms with Crippen molar-refractivity contribution in [1.29, 1.82) is 0 Å². The first-order chi connectivity index (χ1) is 3.88. The third-order valence-electron chi connectivity index (χ3n) is 2.15. The molecule has 2 heteroatoms. The van der Waals surface area contributed by atoms with Crippen LogP contribution in [0.5, 0.6) is 0 Å². The molecule has 0 unspecified atom stereocenters. The smallest absolute Gasteiger partial charge is 0.0848 e. The summed E-state index contributed by atoms with van der Waals surface area (Å²) in [6.45, 7) is 5.86. The lowest BCUT2D eigenvalue weighted by molar-refractivity contribution is 0.536. The zero-order chi connectivity index (χ0) is 7.28. The first-order valence-electron chi connectivity index (χ1n) is 2.96. The third-order valence-corrected chi connectivity index (χ3v) is 3.42. The van der Waals surface area contributed by atoms with Crippen LogP contribution in [-0.2, 0) is 0 Å². The highest BCUT2D eigenvalue weighted by Gasteiger charge is 2.49. The van der Waals surface area contributed by atoms with Gasteiger partial charge in [-0.2, -0.15) is 0 Å². The number of halogens is 2. The molecule has 0 aromatic heterocycles. The number of allylic oxidation sites excluding steroid dienone is 2. The van der Waals surface area contributed by atoms with E-state index < -0.39 is 0 Å². The Balaban J connectivity index is 2.94. The van der Waals surface area contributed by atoms with Crippen molar-refractivity contribution >= 4 is 23.2 Å². The minimum atomic E-state index is -0.335. The lowest BCUT2D eigenvalue weighted by Gasteiger charge is -2.44. The Morgan fingerprint density at radius 3 is 1.78 bits per heavy atom. The second kappa shape index (κ2) is 1.67. The van der Waals surface area contributed by atoms with Gasteiger partial charge in [-0.3, -0.25) is 0 Å². The molecular formula is C7H10Cl2. The Labute approximate surface area is 65.8 Å². The molecule has 2 atom stereocenters. The fraction of sp³-hybridized carbons (Fsp3) is 0.714. The van der Waals surface area contributed by atoms with E-state index in [0.29, 0.717) is 0 Å². The quantitative estimate of drug-likeness (QED) is 0.382. The van der Waals surface area contributed by atoms with E-state index in [0.717, 1.165) is 0 Å². The van der Waals surface area contributed by atoms with E-state index >= 15 is 0 Å². The molecule has 0 nitrogen and oxygen atoms in total. The molecule has 0 spiro atoms. The molecule has 1 aliphatic carbocycles. The van der Waals surface area contributed by atoms with Gasteiger partial charge in [-0.1, -0.05) is 11.6 Å². The second-order valence-electron chi connectivity index (χ2n) is 2.91. The van der Waals surface area contributed by atoms with Gasteiger partial charge in [0, 0.05) is 0 Å². The fourth-order valence-corrected chi connectivity index (χ4v) is 1.41. The lowest BCUT2D eigenvalue weighted by atomic mass is 9.76. The lowest BCUT2D eigenvalue weighted by Crippen LogP contribution is -2.48. The summed E-state index contributed by atoms with van der Waals surface area (Å²) >= 11 is 12.0. The number of rotatable bonds is 0. The molecule has 0 saturated carbocycles. The van der Waals surface area contributed by atoms with Crippen LogP contribution < -0.4 is 0 Å². The van der Waals surface area contributed by atoms with Crippen LogP contribution in [0.25, 0.3) is 0 Å². The Hall–Kier alpha value is 0.320. The zero-order valence-corrected chi connectivity index (χ0v) is 7.35. The Morgan fingerprint density at radius 1 is 1.33 bits per heavy atom. The summed E-state index contributed by atoms with van der Waals surface area (Å²) in [6, 6.07) is 0. The van der Waals surface area contributed by atoms with Crippen LogP contribution in [0.15, 0.2) is 11.6 Å². The minimum absolute atomic E-state index is 0.325. The summed E-state index contributed by atoms with van der Waals surface area (Å²) in [4.78, 5) is -0.660. The van der Waals surface area contributed by atoms with Crippen LogP contribution in [0.3, 0.4) is 0 Å². The van der Waals surface area contributed by atoms with Gasteiger partial charge in [0.2, 0.25) is 0 Å². The van der Waals surface area contributed by atoms with Crippen molar-refractivity contribution < 1.29 is 0 Å². The van der Waals surface area contributed by atoms with E-state index in [1.54, 1.807) is 0 Å². The predicted molar refractivity (Wildman–Crippen MR) is 42.3 cm³/mol. The van der Waals surface area contributed by atoms with Crippen LogP contribution in [0.1, 0.15) is 20.8 Å². The van der Waals surface area contributed by atoms with Gasteiger partial charge in [-0.05, 0) is 20.8 Å². The van der Waals surface area contributed by atoms with E-state index in [1.807, 2.05) is 26.8 Å². The molecule has 1 aliphatic rings. The molecule has 52 valence electrons. The van der Waals surface area contributed by atoms with Gasteiger partial charge in [-0.25, -0.2) is 0 Å². The van der Waals surface area contributed by atoms with Gasteiger partial charge in [-0.15, -0.1) is 23.2 Å². The van der Waals surface area contributed by atoms with E-state index in [4.69, 9.17) is 23.2 Å².